The van der Waals surface area contributed by atoms with Crippen LogP contribution in [0.25, 0.3) is 0 Å². The number of rotatable bonds is 4. The van der Waals surface area contributed by atoms with Gasteiger partial charge < -0.3 is 0 Å². The van der Waals surface area contributed by atoms with Gasteiger partial charge in [-0.2, -0.15) is 44.8 Å². The van der Waals surface area contributed by atoms with Crippen molar-refractivity contribution in [2.24, 2.45) is 0 Å². The van der Waals surface area contributed by atoms with Crippen molar-refractivity contribution in [1.82, 2.24) is 0 Å². The summed E-state index contributed by atoms with van der Waals surface area (Å²) in [6.45, 7) is 0. The first-order valence-corrected chi connectivity index (χ1v) is 5.56. The molecule has 1 aromatic rings. The molecular weight excluding hydrogens is 364 g/mol. The minimum absolute atomic E-state index is 0.208. The number of carbonyl (C=O) groups is 1. The summed E-state index contributed by atoms with van der Waals surface area (Å²) in [5.41, 5.74) is -3.27. The van der Waals surface area contributed by atoms with Crippen LogP contribution in [0.15, 0.2) is 18.2 Å². The topological polar surface area (TPSA) is 40.9 Å². The van der Waals surface area contributed by atoms with Gasteiger partial charge in [0, 0.05) is 5.56 Å². The molecule has 0 saturated carbocycles. The molecule has 0 bridgehead atoms. The van der Waals surface area contributed by atoms with Gasteiger partial charge in [0.05, 0.1) is 5.56 Å². The zero-order valence-electron chi connectivity index (χ0n) is 10.9. The number of hydrogen-bond donors (Lipinski definition) is 0. The molecule has 0 spiro atoms. The van der Waals surface area contributed by atoms with Crippen molar-refractivity contribution >= 4 is 5.78 Å². The maximum absolute atomic E-state index is 13.4. The Labute approximate surface area is 126 Å². The van der Waals surface area contributed by atoms with E-state index in [2.05, 4.69) is 0 Å². The first kappa shape index (κ1) is 19.7. The third-order valence-electron chi connectivity index (χ3n) is 2.80. The smallest absolute Gasteiger partial charge is 0.287 e. The molecule has 1 rings (SSSR count). The van der Waals surface area contributed by atoms with Gasteiger partial charge in [0.1, 0.15) is 11.9 Å². The lowest BCUT2D eigenvalue weighted by molar-refractivity contribution is -0.386. The minimum Gasteiger partial charge on any atom is -0.287 e. The van der Waals surface area contributed by atoms with E-state index in [1.54, 1.807) is 0 Å². The average Bonchev–Trinajstić information content (AvgIpc) is 2.44. The number of nitriles is 1. The zero-order valence-corrected chi connectivity index (χ0v) is 10.9. The van der Waals surface area contributed by atoms with Gasteiger partial charge in [0.25, 0.3) is 0 Å². The normalized spacial score (nSPS) is 13.5. The molecular formula is C12H3F10NO. The van der Waals surface area contributed by atoms with E-state index in [9.17, 15) is 48.7 Å². The molecule has 0 fully saturated rings. The van der Waals surface area contributed by atoms with Crippen LogP contribution in [0.2, 0.25) is 0 Å². The standard InChI is InChI=1S/C12H3F10NO/c13-7-3-1-2-5(6(7)4-23)8(24)9(14,15)10(16,17)11(18,19)12(20,21)22/h1-3H. The lowest BCUT2D eigenvalue weighted by atomic mass is 9.93. The SMILES string of the molecule is N#Cc1c(F)cccc1C(=O)C(F)(F)C(F)(F)C(F)(F)C(F)(F)F. The van der Waals surface area contributed by atoms with Gasteiger partial charge >= 0.3 is 23.9 Å². The van der Waals surface area contributed by atoms with Crippen molar-refractivity contribution in [3.63, 3.8) is 0 Å². The number of carbonyl (C=O) groups excluding carboxylic acids is 1. The van der Waals surface area contributed by atoms with E-state index in [0.717, 1.165) is 6.07 Å². The Morgan fingerprint density at radius 1 is 0.917 bits per heavy atom. The largest absolute Gasteiger partial charge is 0.460 e. The van der Waals surface area contributed by atoms with Gasteiger partial charge in [-0.15, -0.1) is 0 Å². The van der Waals surface area contributed by atoms with Crippen molar-refractivity contribution in [3.05, 3.63) is 35.1 Å². The molecule has 0 amide bonds. The summed E-state index contributed by atoms with van der Waals surface area (Å²) in [6.07, 6.45) is -7.10. The molecule has 12 heteroatoms. The van der Waals surface area contributed by atoms with Crippen LogP contribution in [0.4, 0.5) is 43.9 Å². The second kappa shape index (κ2) is 5.64. The number of alkyl halides is 9. The van der Waals surface area contributed by atoms with Crippen LogP contribution in [-0.4, -0.2) is 29.7 Å². The molecule has 0 radical (unpaired) electrons. The number of Topliss-reactive ketones (excluding diaryl/α,β-unsaturated/α-hetero) is 1. The number of ketones is 1. The Balaban J connectivity index is 3.53. The number of halogens is 10. The van der Waals surface area contributed by atoms with Crippen LogP contribution in [0.1, 0.15) is 15.9 Å². The Kier molecular flexibility index (Phi) is 4.64. The van der Waals surface area contributed by atoms with Crippen molar-refractivity contribution < 1.29 is 48.7 Å². The molecule has 0 atom stereocenters. The van der Waals surface area contributed by atoms with Crippen LogP contribution in [0, 0.1) is 17.1 Å². The minimum atomic E-state index is -7.26. The second-order valence-corrected chi connectivity index (χ2v) is 4.32. The highest BCUT2D eigenvalue weighted by molar-refractivity contribution is 6.04. The fourth-order valence-corrected chi connectivity index (χ4v) is 1.51. The van der Waals surface area contributed by atoms with E-state index in [-0.39, 0.29) is 6.07 Å². The van der Waals surface area contributed by atoms with Gasteiger partial charge in [-0.3, -0.25) is 4.79 Å². The highest BCUT2D eigenvalue weighted by Crippen LogP contribution is 2.53. The molecule has 2 nitrogen and oxygen atoms in total. The highest BCUT2D eigenvalue weighted by Gasteiger charge is 2.83. The highest BCUT2D eigenvalue weighted by atomic mass is 19.4. The summed E-state index contributed by atoms with van der Waals surface area (Å²) >= 11 is 0. The first-order valence-electron chi connectivity index (χ1n) is 5.56. The molecule has 0 heterocycles. The van der Waals surface area contributed by atoms with Crippen molar-refractivity contribution in [1.29, 1.82) is 5.26 Å². The molecule has 0 N–H and O–H groups in total. The number of nitrogens with zero attached hydrogens (tertiary/aromatic N) is 1. The molecule has 24 heavy (non-hydrogen) atoms. The van der Waals surface area contributed by atoms with Gasteiger partial charge in [-0.25, -0.2) is 4.39 Å². The third-order valence-corrected chi connectivity index (χ3v) is 2.80. The second-order valence-electron chi connectivity index (χ2n) is 4.32. The fraction of sp³-hybridized carbons (Fsp3) is 0.333. The zero-order chi connectivity index (χ0) is 19.1. The predicted molar refractivity (Wildman–Crippen MR) is 56.3 cm³/mol. The molecule has 0 aliphatic carbocycles. The lowest BCUT2D eigenvalue weighted by Crippen LogP contribution is -2.63. The van der Waals surface area contributed by atoms with Crippen molar-refractivity contribution in [3.8, 4) is 6.07 Å². The van der Waals surface area contributed by atoms with Crippen LogP contribution < -0.4 is 0 Å². The van der Waals surface area contributed by atoms with Crippen LogP contribution in [-0.2, 0) is 0 Å². The molecule has 0 aliphatic rings. The first-order chi connectivity index (χ1) is 10.6. The Morgan fingerprint density at radius 3 is 1.83 bits per heavy atom. The van der Waals surface area contributed by atoms with Gasteiger partial charge in [0.2, 0.25) is 5.78 Å². The van der Waals surface area contributed by atoms with Gasteiger partial charge in [-0.05, 0) is 12.1 Å². The molecule has 132 valence electrons. The Hall–Kier alpha value is -2.32. The van der Waals surface area contributed by atoms with E-state index in [0.29, 0.717) is 12.1 Å². The summed E-state index contributed by atoms with van der Waals surface area (Å²) in [5.74, 6) is -25.9. The fourth-order valence-electron chi connectivity index (χ4n) is 1.51. The molecule has 0 aliphatic heterocycles. The number of hydrogen-bond acceptors (Lipinski definition) is 2. The summed E-state index contributed by atoms with van der Waals surface area (Å²) in [4.78, 5) is 11.4. The van der Waals surface area contributed by atoms with Crippen LogP contribution in [0.5, 0.6) is 0 Å². The maximum Gasteiger partial charge on any atom is 0.460 e. The molecule has 0 unspecified atom stereocenters. The average molecular weight is 367 g/mol. The van der Waals surface area contributed by atoms with E-state index < -0.39 is 46.7 Å². The van der Waals surface area contributed by atoms with Crippen LogP contribution in [0.3, 0.4) is 0 Å². The van der Waals surface area contributed by atoms with E-state index in [1.807, 2.05) is 0 Å². The monoisotopic (exact) mass is 367 g/mol. The van der Waals surface area contributed by atoms with E-state index in [1.165, 1.54) is 0 Å². The van der Waals surface area contributed by atoms with Crippen molar-refractivity contribution in [2.75, 3.05) is 0 Å². The lowest BCUT2D eigenvalue weighted by Gasteiger charge is -2.32. The van der Waals surface area contributed by atoms with Gasteiger partial charge in [0.15, 0.2) is 0 Å². The maximum atomic E-state index is 13.4. The van der Waals surface area contributed by atoms with Gasteiger partial charge in [-0.1, -0.05) is 6.07 Å². The Bertz CT molecular complexity index is 701. The summed E-state index contributed by atoms with van der Waals surface area (Å²) in [5, 5.41) is 8.50. The third kappa shape index (κ3) is 2.67. The van der Waals surface area contributed by atoms with E-state index in [4.69, 9.17) is 5.26 Å². The summed E-state index contributed by atoms with van der Waals surface area (Å²) in [6, 6.07) is 2.02. The molecule has 0 aromatic heterocycles. The molecule has 1 aromatic carbocycles. The predicted octanol–water partition coefficient (Wildman–Crippen LogP) is 4.35. The van der Waals surface area contributed by atoms with Crippen molar-refractivity contribution in [2.45, 2.75) is 23.9 Å². The van der Waals surface area contributed by atoms with Crippen LogP contribution >= 0.6 is 0 Å². The summed E-state index contributed by atoms with van der Waals surface area (Å²) in [7, 11) is 0. The van der Waals surface area contributed by atoms with E-state index >= 15 is 0 Å². The summed E-state index contributed by atoms with van der Waals surface area (Å²) < 4.78 is 128. The molecule has 0 saturated heterocycles. The Morgan fingerprint density at radius 2 is 1.42 bits per heavy atom. The number of benzene rings is 1. The quantitative estimate of drug-likeness (QED) is 0.587.